The minimum atomic E-state index is -0.388. The average Bonchev–Trinajstić information content (AvgIpc) is 2.38. The Bertz CT molecular complexity index is 611. The first kappa shape index (κ1) is 12.9. The van der Waals surface area contributed by atoms with Crippen LogP contribution in [0.1, 0.15) is 16.1 Å². The summed E-state index contributed by atoms with van der Waals surface area (Å²) < 4.78 is 4.68. The SMILES string of the molecule is COC(=O)c1ccc(Nc2cccc(N)c2)nc1C. The summed E-state index contributed by atoms with van der Waals surface area (Å²) in [4.78, 5) is 15.8. The van der Waals surface area contributed by atoms with Gasteiger partial charge < -0.3 is 15.8 Å². The third kappa shape index (κ3) is 3.01. The van der Waals surface area contributed by atoms with Crippen LogP contribution in [0.4, 0.5) is 17.2 Å². The number of pyridine rings is 1. The molecule has 0 bridgehead atoms. The number of carbonyl (C=O) groups is 1. The van der Waals surface area contributed by atoms with Crippen molar-refractivity contribution in [3.63, 3.8) is 0 Å². The third-order valence-electron chi connectivity index (χ3n) is 2.65. The van der Waals surface area contributed by atoms with Crippen LogP contribution in [-0.2, 0) is 4.74 Å². The number of hydrogen-bond donors (Lipinski definition) is 2. The van der Waals surface area contributed by atoms with E-state index in [0.29, 0.717) is 22.8 Å². The fourth-order valence-electron chi connectivity index (χ4n) is 1.72. The van der Waals surface area contributed by atoms with Crippen LogP contribution in [0.5, 0.6) is 0 Å². The van der Waals surface area contributed by atoms with Gasteiger partial charge in [-0.15, -0.1) is 0 Å². The molecule has 2 rings (SSSR count). The number of anilines is 3. The zero-order valence-electron chi connectivity index (χ0n) is 10.8. The van der Waals surface area contributed by atoms with E-state index in [1.54, 1.807) is 19.1 Å². The van der Waals surface area contributed by atoms with Gasteiger partial charge in [-0.2, -0.15) is 0 Å². The minimum absolute atomic E-state index is 0.388. The van der Waals surface area contributed by atoms with Crippen molar-refractivity contribution >= 4 is 23.2 Å². The van der Waals surface area contributed by atoms with Gasteiger partial charge in [0.05, 0.1) is 18.4 Å². The van der Waals surface area contributed by atoms with E-state index in [2.05, 4.69) is 15.0 Å². The molecule has 0 radical (unpaired) electrons. The predicted octanol–water partition coefficient (Wildman–Crippen LogP) is 2.50. The Morgan fingerprint density at radius 3 is 2.74 bits per heavy atom. The first-order valence-corrected chi connectivity index (χ1v) is 5.78. The molecular formula is C14H15N3O2. The summed E-state index contributed by atoms with van der Waals surface area (Å²) in [7, 11) is 1.35. The Balaban J connectivity index is 2.23. The number of carbonyl (C=O) groups excluding carboxylic acids is 1. The van der Waals surface area contributed by atoms with Crippen LogP contribution in [0.2, 0.25) is 0 Å². The number of nitrogens with zero attached hydrogens (tertiary/aromatic N) is 1. The van der Waals surface area contributed by atoms with Gasteiger partial charge in [0.2, 0.25) is 0 Å². The molecule has 0 aliphatic heterocycles. The van der Waals surface area contributed by atoms with Crippen molar-refractivity contribution in [2.24, 2.45) is 0 Å². The number of esters is 1. The molecule has 1 aromatic carbocycles. The van der Waals surface area contributed by atoms with Gasteiger partial charge in [-0.3, -0.25) is 0 Å². The summed E-state index contributed by atoms with van der Waals surface area (Å²) in [6.07, 6.45) is 0. The van der Waals surface area contributed by atoms with Crippen LogP contribution < -0.4 is 11.1 Å². The van der Waals surface area contributed by atoms with Crippen molar-refractivity contribution < 1.29 is 9.53 Å². The van der Waals surface area contributed by atoms with E-state index in [0.717, 1.165) is 5.69 Å². The van der Waals surface area contributed by atoms with Gasteiger partial charge in [0.25, 0.3) is 0 Å². The van der Waals surface area contributed by atoms with E-state index in [1.807, 2.05) is 24.3 Å². The highest BCUT2D eigenvalue weighted by atomic mass is 16.5. The molecule has 2 aromatic rings. The summed E-state index contributed by atoms with van der Waals surface area (Å²) >= 11 is 0. The molecule has 0 saturated carbocycles. The molecule has 5 heteroatoms. The number of aryl methyl sites for hydroxylation is 1. The second-order valence-corrected chi connectivity index (χ2v) is 4.07. The minimum Gasteiger partial charge on any atom is -0.465 e. The summed E-state index contributed by atoms with van der Waals surface area (Å²) in [6.45, 7) is 1.76. The maximum atomic E-state index is 11.4. The number of nitrogens with one attached hydrogen (secondary N) is 1. The molecule has 0 spiro atoms. The number of rotatable bonds is 3. The Kier molecular flexibility index (Phi) is 3.66. The third-order valence-corrected chi connectivity index (χ3v) is 2.65. The van der Waals surface area contributed by atoms with Crippen LogP contribution >= 0.6 is 0 Å². The molecule has 1 aromatic heterocycles. The van der Waals surface area contributed by atoms with Gasteiger partial charge in [-0.25, -0.2) is 9.78 Å². The highest BCUT2D eigenvalue weighted by Gasteiger charge is 2.10. The number of nitrogen functional groups attached to an aromatic ring is 1. The van der Waals surface area contributed by atoms with Crippen molar-refractivity contribution in [2.45, 2.75) is 6.92 Å². The van der Waals surface area contributed by atoms with Crippen LogP contribution in [0, 0.1) is 6.92 Å². The number of aromatic nitrogens is 1. The number of benzene rings is 1. The predicted molar refractivity (Wildman–Crippen MR) is 74.5 cm³/mol. The average molecular weight is 257 g/mol. The van der Waals surface area contributed by atoms with E-state index < -0.39 is 0 Å². The number of nitrogens with two attached hydrogens (primary N) is 1. The summed E-state index contributed by atoms with van der Waals surface area (Å²) in [5.41, 5.74) is 8.29. The molecule has 0 amide bonds. The lowest BCUT2D eigenvalue weighted by Crippen LogP contribution is -2.06. The number of hydrogen-bond acceptors (Lipinski definition) is 5. The standard InChI is InChI=1S/C14H15N3O2/c1-9-12(14(18)19-2)6-7-13(16-9)17-11-5-3-4-10(15)8-11/h3-8H,15H2,1-2H3,(H,16,17). The van der Waals surface area contributed by atoms with Crippen molar-refractivity contribution in [3.05, 3.63) is 47.7 Å². The molecule has 19 heavy (non-hydrogen) atoms. The molecular weight excluding hydrogens is 242 g/mol. The fourth-order valence-corrected chi connectivity index (χ4v) is 1.72. The van der Waals surface area contributed by atoms with E-state index in [-0.39, 0.29) is 5.97 Å². The number of methoxy groups -OCH3 is 1. The van der Waals surface area contributed by atoms with Gasteiger partial charge >= 0.3 is 5.97 Å². The Hall–Kier alpha value is -2.56. The second kappa shape index (κ2) is 5.39. The van der Waals surface area contributed by atoms with E-state index in [1.165, 1.54) is 7.11 Å². The van der Waals surface area contributed by atoms with Crippen LogP contribution in [0.25, 0.3) is 0 Å². The molecule has 0 fully saturated rings. The van der Waals surface area contributed by atoms with Gasteiger partial charge in [0.1, 0.15) is 5.82 Å². The molecule has 0 aliphatic carbocycles. The summed E-state index contributed by atoms with van der Waals surface area (Å²) in [5.74, 6) is 0.260. The summed E-state index contributed by atoms with van der Waals surface area (Å²) in [6, 6.07) is 10.8. The Labute approximate surface area is 111 Å². The van der Waals surface area contributed by atoms with Crippen LogP contribution in [0.3, 0.4) is 0 Å². The van der Waals surface area contributed by atoms with E-state index in [4.69, 9.17) is 5.73 Å². The monoisotopic (exact) mass is 257 g/mol. The first-order valence-electron chi connectivity index (χ1n) is 5.78. The smallest absolute Gasteiger partial charge is 0.339 e. The lowest BCUT2D eigenvalue weighted by molar-refractivity contribution is 0.0599. The highest BCUT2D eigenvalue weighted by molar-refractivity contribution is 5.90. The zero-order valence-corrected chi connectivity index (χ0v) is 10.8. The van der Waals surface area contributed by atoms with Crippen molar-refractivity contribution in [2.75, 3.05) is 18.2 Å². The van der Waals surface area contributed by atoms with E-state index in [9.17, 15) is 4.79 Å². The Morgan fingerprint density at radius 2 is 2.11 bits per heavy atom. The topological polar surface area (TPSA) is 77.2 Å². The quantitative estimate of drug-likeness (QED) is 0.652. The molecule has 1 heterocycles. The lowest BCUT2D eigenvalue weighted by Gasteiger charge is -2.09. The largest absolute Gasteiger partial charge is 0.465 e. The first-order chi connectivity index (χ1) is 9.10. The van der Waals surface area contributed by atoms with Crippen LogP contribution in [0.15, 0.2) is 36.4 Å². The molecule has 0 unspecified atom stereocenters. The Morgan fingerprint density at radius 1 is 1.32 bits per heavy atom. The van der Waals surface area contributed by atoms with E-state index >= 15 is 0 Å². The molecule has 0 aliphatic rings. The van der Waals surface area contributed by atoms with Gasteiger partial charge in [0.15, 0.2) is 0 Å². The second-order valence-electron chi connectivity index (χ2n) is 4.07. The zero-order chi connectivity index (χ0) is 13.8. The summed E-state index contributed by atoms with van der Waals surface area (Å²) in [5, 5.41) is 3.13. The van der Waals surface area contributed by atoms with Gasteiger partial charge in [-0.05, 0) is 37.3 Å². The van der Waals surface area contributed by atoms with Crippen LogP contribution in [-0.4, -0.2) is 18.1 Å². The van der Waals surface area contributed by atoms with Crippen molar-refractivity contribution in [3.8, 4) is 0 Å². The maximum absolute atomic E-state index is 11.4. The molecule has 3 N–H and O–H groups in total. The molecule has 5 nitrogen and oxygen atoms in total. The highest BCUT2D eigenvalue weighted by Crippen LogP contribution is 2.18. The van der Waals surface area contributed by atoms with Crippen molar-refractivity contribution in [1.29, 1.82) is 0 Å². The molecule has 0 saturated heterocycles. The molecule has 0 atom stereocenters. The lowest BCUT2D eigenvalue weighted by atomic mass is 10.2. The van der Waals surface area contributed by atoms with Gasteiger partial charge in [0, 0.05) is 11.4 Å². The number of ether oxygens (including phenoxy) is 1. The normalized spacial score (nSPS) is 10.0. The van der Waals surface area contributed by atoms with Crippen molar-refractivity contribution in [1.82, 2.24) is 4.98 Å². The fraction of sp³-hybridized carbons (Fsp3) is 0.143. The maximum Gasteiger partial charge on any atom is 0.339 e. The molecule has 98 valence electrons. The van der Waals surface area contributed by atoms with Gasteiger partial charge in [-0.1, -0.05) is 6.07 Å².